The number of aryl methyl sites for hydroxylation is 1. The lowest BCUT2D eigenvalue weighted by molar-refractivity contribution is -0.142. The van der Waals surface area contributed by atoms with Crippen molar-refractivity contribution in [3.05, 3.63) is 107 Å². The lowest BCUT2D eigenvalue weighted by Crippen LogP contribution is -2.45. The molecule has 4 aromatic rings. The van der Waals surface area contributed by atoms with E-state index >= 15 is 0 Å². The number of amides is 1. The fourth-order valence-electron chi connectivity index (χ4n) is 5.90. The second kappa shape index (κ2) is 13.0. The van der Waals surface area contributed by atoms with Gasteiger partial charge in [0.25, 0.3) is 0 Å². The summed E-state index contributed by atoms with van der Waals surface area (Å²) in [6.45, 7) is 9.87. The van der Waals surface area contributed by atoms with Gasteiger partial charge in [-0.25, -0.2) is 9.59 Å². The van der Waals surface area contributed by atoms with E-state index in [9.17, 15) is 9.59 Å². The van der Waals surface area contributed by atoms with E-state index in [-0.39, 0.29) is 30.8 Å². The van der Waals surface area contributed by atoms with Gasteiger partial charge < -0.3 is 18.9 Å². The molecule has 0 spiro atoms. The quantitative estimate of drug-likeness (QED) is 0.192. The Kier molecular flexibility index (Phi) is 9.14. The zero-order valence-electron chi connectivity index (χ0n) is 26.3. The van der Waals surface area contributed by atoms with Gasteiger partial charge in [0.2, 0.25) is 0 Å². The van der Waals surface area contributed by atoms with Crippen LogP contribution in [0, 0.1) is 6.92 Å². The molecule has 0 saturated carbocycles. The molecular weight excluding hydrogens is 554 g/mol. The number of rotatable bonds is 8. The Labute approximate surface area is 259 Å². The molecule has 1 aliphatic heterocycles. The maximum absolute atomic E-state index is 13.8. The monoisotopic (exact) mass is 595 g/mol. The fourth-order valence-corrected chi connectivity index (χ4v) is 5.90. The molecule has 3 atom stereocenters. The van der Waals surface area contributed by atoms with Crippen LogP contribution < -0.4 is 9.47 Å². The minimum absolute atomic E-state index is 0.0151. The third-order valence-electron chi connectivity index (χ3n) is 7.92. The Hall–Kier alpha value is -4.52. The Bertz CT molecular complexity index is 1640. The highest BCUT2D eigenvalue weighted by Crippen LogP contribution is 2.42. The first-order chi connectivity index (χ1) is 21.0. The van der Waals surface area contributed by atoms with Crippen molar-refractivity contribution in [2.45, 2.75) is 64.7 Å². The number of ether oxygens (including phenoxy) is 4. The van der Waals surface area contributed by atoms with E-state index in [1.807, 2.05) is 83.1 Å². The van der Waals surface area contributed by atoms with Crippen LogP contribution in [-0.4, -0.2) is 48.9 Å². The molecule has 0 fully saturated rings. The van der Waals surface area contributed by atoms with Crippen molar-refractivity contribution in [3.63, 3.8) is 0 Å². The van der Waals surface area contributed by atoms with Crippen molar-refractivity contribution in [1.82, 2.24) is 4.90 Å². The van der Waals surface area contributed by atoms with E-state index in [1.54, 1.807) is 4.90 Å². The Balaban J connectivity index is 1.48. The summed E-state index contributed by atoms with van der Waals surface area (Å²) in [5.74, 6) is 0.936. The highest BCUT2D eigenvalue weighted by Gasteiger charge is 2.35. The summed E-state index contributed by atoms with van der Waals surface area (Å²) in [6.07, 6.45) is -0.0517. The highest BCUT2D eigenvalue weighted by molar-refractivity contribution is 5.86. The van der Waals surface area contributed by atoms with Crippen molar-refractivity contribution in [1.29, 1.82) is 0 Å². The van der Waals surface area contributed by atoms with Crippen LogP contribution in [0.3, 0.4) is 0 Å². The molecule has 7 nitrogen and oxygen atoms in total. The van der Waals surface area contributed by atoms with Gasteiger partial charge in [0.15, 0.2) is 6.61 Å². The van der Waals surface area contributed by atoms with Crippen LogP contribution in [0.25, 0.3) is 10.8 Å². The van der Waals surface area contributed by atoms with Gasteiger partial charge in [-0.2, -0.15) is 0 Å². The molecule has 0 bridgehead atoms. The summed E-state index contributed by atoms with van der Waals surface area (Å²) in [5, 5.41) is 2.22. The number of carbonyl (C=O) groups is 2. The third-order valence-corrected chi connectivity index (χ3v) is 7.92. The van der Waals surface area contributed by atoms with Crippen LogP contribution in [0.4, 0.5) is 4.79 Å². The highest BCUT2D eigenvalue weighted by atomic mass is 16.6. The van der Waals surface area contributed by atoms with Crippen molar-refractivity contribution < 1.29 is 28.5 Å². The Morgan fingerprint density at radius 1 is 0.977 bits per heavy atom. The molecule has 7 heteroatoms. The number of fused-ring (bicyclic) bond motifs is 2. The number of hydrogen-bond donors (Lipinski definition) is 0. The zero-order valence-corrected chi connectivity index (χ0v) is 26.3. The summed E-state index contributed by atoms with van der Waals surface area (Å²) in [4.78, 5) is 27.3. The summed E-state index contributed by atoms with van der Waals surface area (Å²) in [5.41, 5.74) is 3.53. The summed E-state index contributed by atoms with van der Waals surface area (Å²) >= 11 is 0. The predicted molar refractivity (Wildman–Crippen MR) is 171 cm³/mol. The average molecular weight is 596 g/mol. The molecule has 0 N–H and O–H groups in total. The van der Waals surface area contributed by atoms with Crippen molar-refractivity contribution in [2.24, 2.45) is 0 Å². The van der Waals surface area contributed by atoms with E-state index < -0.39 is 11.6 Å². The SMILES string of the molecule is COC(=O)COc1cc(C)cc(C2CC(CN(C(=O)OC(C)(C)C)C(C)c3cccc4ccccc34)Oc3ccccc32)c1. The largest absolute Gasteiger partial charge is 0.488 e. The molecule has 44 heavy (non-hydrogen) atoms. The molecule has 0 saturated heterocycles. The first-order valence-corrected chi connectivity index (χ1v) is 15.1. The summed E-state index contributed by atoms with van der Waals surface area (Å²) in [7, 11) is 1.34. The normalized spacial score (nSPS) is 16.8. The van der Waals surface area contributed by atoms with E-state index in [2.05, 4.69) is 36.4 Å². The minimum Gasteiger partial charge on any atom is -0.488 e. The molecule has 0 aliphatic carbocycles. The van der Waals surface area contributed by atoms with Crippen LogP contribution in [0.2, 0.25) is 0 Å². The van der Waals surface area contributed by atoms with Gasteiger partial charge in [0.1, 0.15) is 23.2 Å². The predicted octanol–water partition coefficient (Wildman–Crippen LogP) is 7.98. The summed E-state index contributed by atoms with van der Waals surface area (Å²) in [6, 6.07) is 28.2. The van der Waals surface area contributed by atoms with Crippen LogP contribution in [-0.2, 0) is 14.3 Å². The zero-order chi connectivity index (χ0) is 31.4. The molecule has 1 amide bonds. The Morgan fingerprint density at radius 3 is 2.48 bits per heavy atom. The van der Waals surface area contributed by atoms with E-state index in [1.165, 1.54) is 7.11 Å². The van der Waals surface area contributed by atoms with E-state index in [0.717, 1.165) is 38.8 Å². The lowest BCUT2D eigenvalue weighted by Gasteiger charge is -2.38. The standard InChI is InChI=1S/C37H41NO6/c1-24-18-27(20-28(19-24)42-23-35(39)41-6)33-21-29(43-34-17-10-9-15-32(33)34)22-38(36(40)44-37(3,4)5)25(2)30-16-11-13-26-12-7-8-14-31(26)30/h7-20,25,29,33H,21-23H2,1-6H3. The molecular formula is C37H41NO6. The lowest BCUT2D eigenvalue weighted by atomic mass is 9.83. The number of carbonyl (C=O) groups excluding carboxylic acids is 2. The Morgan fingerprint density at radius 2 is 1.70 bits per heavy atom. The van der Waals surface area contributed by atoms with Crippen molar-refractivity contribution in [2.75, 3.05) is 20.3 Å². The number of benzene rings is 4. The number of hydrogen-bond acceptors (Lipinski definition) is 6. The number of methoxy groups -OCH3 is 1. The fraction of sp³-hybridized carbons (Fsp3) is 0.351. The average Bonchev–Trinajstić information content (AvgIpc) is 3.00. The molecule has 0 aromatic heterocycles. The first kappa shape index (κ1) is 30.9. The maximum Gasteiger partial charge on any atom is 0.410 e. The van der Waals surface area contributed by atoms with E-state index in [0.29, 0.717) is 18.7 Å². The van der Waals surface area contributed by atoms with Crippen LogP contribution in [0.5, 0.6) is 11.5 Å². The van der Waals surface area contributed by atoms with Crippen LogP contribution in [0.15, 0.2) is 84.9 Å². The molecule has 3 unspecified atom stereocenters. The molecule has 1 aliphatic rings. The minimum atomic E-state index is -0.654. The van der Waals surface area contributed by atoms with Gasteiger partial charge in [-0.15, -0.1) is 0 Å². The topological polar surface area (TPSA) is 74.3 Å². The van der Waals surface area contributed by atoms with Crippen LogP contribution in [0.1, 0.15) is 68.3 Å². The molecule has 0 radical (unpaired) electrons. The number of esters is 1. The van der Waals surface area contributed by atoms with Gasteiger partial charge in [-0.3, -0.25) is 4.90 Å². The number of nitrogens with zero attached hydrogens (tertiary/aromatic N) is 1. The van der Waals surface area contributed by atoms with Gasteiger partial charge in [0, 0.05) is 11.5 Å². The number of para-hydroxylation sites is 1. The second-order valence-electron chi connectivity index (χ2n) is 12.4. The van der Waals surface area contributed by atoms with Gasteiger partial charge in [0.05, 0.1) is 19.7 Å². The maximum atomic E-state index is 13.8. The van der Waals surface area contributed by atoms with E-state index in [4.69, 9.17) is 18.9 Å². The second-order valence-corrected chi connectivity index (χ2v) is 12.4. The molecule has 4 aromatic carbocycles. The van der Waals surface area contributed by atoms with Gasteiger partial charge in [-0.1, -0.05) is 66.7 Å². The molecule has 230 valence electrons. The third kappa shape index (κ3) is 7.16. The van der Waals surface area contributed by atoms with Gasteiger partial charge >= 0.3 is 12.1 Å². The molecule has 1 heterocycles. The van der Waals surface area contributed by atoms with Crippen molar-refractivity contribution in [3.8, 4) is 11.5 Å². The van der Waals surface area contributed by atoms with Crippen molar-refractivity contribution >= 4 is 22.8 Å². The van der Waals surface area contributed by atoms with Crippen LogP contribution >= 0.6 is 0 Å². The first-order valence-electron chi connectivity index (χ1n) is 15.1. The smallest absolute Gasteiger partial charge is 0.410 e. The molecule has 5 rings (SSSR count). The summed E-state index contributed by atoms with van der Waals surface area (Å²) < 4.78 is 23.0. The van der Waals surface area contributed by atoms with Gasteiger partial charge in [-0.05, 0) is 86.7 Å².